The lowest BCUT2D eigenvalue weighted by atomic mass is 10.0. The van der Waals surface area contributed by atoms with Gasteiger partial charge in [0.1, 0.15) is 0 Å². The van der Waals surface area contributed by atoms with Crippen LogP contribution in [0, 0.1) is 5.92 Å². The molecule has 0 aromatic carbocycles. The summed E-state index contributed by atoms with van der Waals surface area (Å²) in [4.78, 5) is 41.5. The third-order valence-electron chi connectivity index (χ3n) is 3.74. The quantitative estimate of drug-likeness (QED) is 0.169. The maximum atomic E-state index is 11.9. The van der Waals surface area contributed by atoms with E-state index in [4.69, 9.17) is 9.79 Å². The van der Waals surface area contributed by atoms with Crippen molar-refractivity contribution >= 4 is 19.5 Å². The van der Waals surface area contributed by atoms with Gasteiger partial charge in [0.25, 0.3) is 0 Å². The fourth-order valence-electron chi connectivity index (χ4n) is 2.36. The summed E-state index contributed by atoms with van der Waals surface area (Å²) in [7, 11) is -4.35. The summed E-state index contributed by atoms with van der Waals surface area (Å²) in [6.45, 7) is 6.95. The average Bonchev–Trinajstić information content (AvgIpc) is 2.47. The molecule has 0 aliphatic heterocycles. The average molecular weight is 362 g/mol. The molecule has 1 unspecified atom stereocenters. The van der Waals surface area contributed by atoms with E-state index in [1.54, 1.807) is 0 Å². The van der Waals surface area contributed by atoms with Crippen LogP contribution in [-0.4, -0.2) is 27.9 Å². The minimum absolute atomic E-state index is 0.0744. The highest BCUT2D eigenvalue weighted by molar-refractivity contribution is 7.51. The van der Waals surface area contributed by atoms with Gasteiger partial charge in [-0.25, -0.2) is 4.79 Å². The second-order valence-corrected chi connectivity index (χ2v) is 7.99. The van der Waals surface area contributed by atoms with Gasteiger partial charge >= 0.3 is 19.5 Å². The number of ether oxygens (including phenoxy) is 1. The number of hydrogen-bond donors (Lipinski definition) is 2. The van der Waals surface area contributed by atoms with Crippen LogP contribution >= 0.6 is 7.60 Å². The molecule has 0 heterocycles. The predicted octanol–water partition coefficient (Wildman–Crippen LogP) is 3.96. The van der Waals surface area contributed by atoms with Gasteiger partial charge in [0.15, 0.2) is 0 Å². The molecule has 7 heteroatoms. The molecule has 0 rings (SSSR count). The number of carbonyl (C=O) groups excluding carboxylic acids is 2. The first-order valence-electron chi connectivity index (χ1n) is 8.63. The van der Waals surface area contributed by atoms with Crippen LogP contribution < -0.4 is 0 Å². The Kier molecular flexibility index (Phi) is 11.9. The molecular formula is C17H31O6P. The Morgan fingerprint density at radius 2 is 1.54 bits per heavy atom. The first-order valence-corrected chi connectivity index (χ1v) is 10.4. The molecule has 0 aromatic heterocycles. The minimum atomic E-state index is -4.35. The fraction of sp³-hybridized carbons (Fsp3) is 0.765. The Balaban J connectivity index is 4.27. The molecular weight excluding hydrogens is 331 g/mol. The van der Waals surface area contributed by atoms with Crippen molar-refractivity contribution in [2.24, 2.45) is 5.92 Å². The van der Waals surface area contributed by atoms with Crippen LogP contribution in [-0.2, 0) is 18.9 Å². The third kappa shape index (κ3) is 12.5. The molecule has 0 aliphatic carbocycles. The number of esters is 2. The predicted molar refractivity (Wildman–Crippen MR) is 93.5 cm³/mol. The molecule has 0 fully saturated rings. The van der Waals surface area contributed by atoms with Crippen LogP contribution in [0.25, 0.3) is 0 Å². The summed E-state index contributed by atoms with van der Waals surface area (Å²) in [5.41, 5.74) is 0.0744. The van der Waals surface area contributed by atoms with Gasteiger partial charge in [-0.15, -0.1) is 0 Å². The van der Waals surface area contributed by atoms with Crippen LogP contribution in [0.5, 0.6) is 0 Å². The van der Waals surface area contributed by atoms with Crippen molar-refractivity contribution in [2.45, 2.75) is 71.6 Å². The number of hydrogen-bond acceptors (Lipinski definition) is 4. The van der Waals surface area contributed by atoms with E-state index in [-0.39, 0.29) is 5.57 Å². The summed E-state index contributed by atoms with van der Waals surface area (Å²) in [5.74, 6) is -2.70. The topological polar surface area (TPSA) is 101 Å². The zero-order valence-corrected chi connectivity index (χ0v) is 15.7. The van der Waals surface area contributed by atoms with Gasteiger partial charge in [-0.05, 0) is 13.3 Å². The maximum Gasteiger partial charge on any atom is 0.340 e. The highest BCUT2D eigenvalue weighted by Crippen LogP contribution is 2.38. The number of carbonyl (C=O) groups is 2. The second-order valence-electron chi connectivity index (χ2n) is 6.30. The van der Waals surface area contributed by atoms with E-state index in [1.165, 1.54) is 32.6 Å². The van der Waals surface area contributed by atoms with E-state index < -0.39 is 31.6 Å². The van der Waals surface area contributed by atoms with Gasteiger partial charge in [0.2, 0.25) is 0 Å². The van der Waals surface area contributed by atoms with Crippen molar-refractivity contribution in [3.05, 3.63) is 12.2 Å². The van der Waals surface area contributed by atoms with Crippen molar-refractivity contribution in [1.29, 1.82) is 0 Å². The number of unbranched alkanes of at least 4 members (excludes halogenated alkanes) is 7. The first kappa shape index (κ1) is 23.0. The van der Waals surface area contributed by atoms with Crippen molar-refractivity contribution < 1.29 is 28.7 Å². The molecule has 0 saturated carbocycles. The molecule has 0 amide bonds. The molecule has 0 spiro atoms. The van der Waals surface area contributed by atoms with Gasteiger partial charge in [-0.1, -0.05) is 64.9 Å². The Morgan fingerprint density at radius 1 is 1.04 bits per heavy atom. The zero-order chi connectivity index (χ0) is 18.6. The summed E-state index contributed by atoms with van der Waals surface area (Å²) >= 11 is 0. The third-order valence-corrected chi connectivity index (χ3v) is 4.66. The molecule has 6 nitrogen and oxygen atoms in total. The van der Waals surface area contributed by atoms with Gasteiger partial charge < -0.3 is 14.5 Å². The molecule has 24 heavy (non-hydrogen) atoms. The van der Waals surface area contributed by atoms with Gasteiger partial charge in [0.05, 0.1) is 12.1 Å². The monoisotopic (exact) mass is 362 g/mol. The normalized spacial score (nSPS) is 12.7. The van der Waals surface area contributed by atoms with E-state index in [2.05, 4.69) is 18.2 Å². The van der Waals surface area contributed by atoms with Crippen LogP contribution in [0.3, 0.4) is 0 Å². The highest BCUT2D eigenvalue weighted by Gasteiger charge is 2.29. The Hall–Kier alpha value is -0.970. The Bertz CT molecular complexity index is 454. The standard InChI is InChI=1S/C17H31O6P/c1-4-5-6-7-8-9-10-11-12-15(13-24(20,21)22)17(19)23-16(18)14(2)3/h15H,2,4-13H2,1,3H3,(H2,20,21,22). The molecule has 0 aromatic rings. The van der Waals surface area contributed by atoms with Crippen molar-refractivity contribution in [3.63, 3.8) is 0 Å². The van der Waals surface area contributed by atoms with E-state index in [1.807, 2.05) is 0 Å². The van der Waals surface area contributed by atoms with Crippen LogP contribution in [0.2, 0.25) is 0 Å². The molecule has 0 radical (unpaired) electrons. The molecule has 0 bridgehead atoms. The summed E-state index contributed by atoms with van der Waals surface area (Å²) in [6, 6.07) is 0. The van der Waals surface area contributed by atoms with E-state index in [0.29, 0.717) is 12.8 Å². The minimum Gasteiger partial charge on any atom is -0.389 e. The zero-order valence-electron chi connectivity index (χ0n) is 14.8. The molecule has 140 valence electrons. The largest absolute Gasteiger partial charge is 0.389 e. The van der Waals surface area contributed by atoms with Crippen LogP contribution in [0.15, 0.2) is 12.2 Å². The Morgan fingerprint density at radius 3 is 2.00 bits per heavy atom. The van der Waals surface area contributed by atoms with Gasteiger partial charge in [-0.3, -0.25) is 9.36 Å². The van der Waals surface area contributed by atoms with Crippen molar-refractivity contribution in [2.75, 3.05) is 6.16 Å². The smallest absolute Gasteiger partial charge is 0.340 e. The summed E-state index contributed by atoms with van der Waals surface area (Å²) < 4.78 is 15.8. The van der Waals surface area contributed by atoms with Crippen molar-refractivity contribution in [1.82, 2.24) is 0 Å². The lowest BCUT2D eigenvalue weighted by Crippen LogP contribution is -2.24. The molecule has 0 aliphatic rings. The Labute approximate surface area is 144 Å². The second kappa shape index (κ2) is 12.4. The van der Waals surface area contributed by atoms with E-state index in [0.717, 1.165) is 19.3 Å². The lowest BCUT2D eigenvalue weighted by Gasteiger charge is -2.16. The fourth-order valence-corrected chi connectivity index (χ4v) is 3.26. The number of rotatable bonds is 13. The highest BCUT2D eigenvalue weighted by atomic mass is 31.2. The lowest BCUT2D eigenvalue weighted by molar-refractivity contribution is -0.159. The van der Waals surface area contributed by atoms with Crippen molar-refractivity contribution in [3.8, 4) is 0 Å². The first-order chi connectivity index (χ1) is 11.2. The molecule has 1 atom stereocenters. The maximum absolute atomic E-state index is 11.9. The van der Waals surface area contributed by atoms with E-state index >= 15 is 0 Å². The van der Waals surface area contributed by atoms with Gasteiger partial charge in [-0.2, -0.15) is 0 Å². The summed E-state index contributed by atoms with van der Waals surface area (Å²) in [5, 5.41) is 0. The SMILES string of the molecule is C=C(C)C(=O)OC(=O)C(CCCCCCCCCC)CP(=O)(O)O. The summed E-state index contributed by atoms with van der Waals surface area (Å²) in [6.07, 6.45) is 8.31. The van der Waals surface area contributed by atoms with E-state index in [9.17, 15) is 14.2 Å². The molecule has 2 N–H and O–H groups in total. The van der Waals surface area contributed by atoms with Crippen LogP contribution in [0.1, 0.15) is 71.6 Å². The molecule has 0 saturated heterocycles. The van der Waals surface area contributed by atoms with Crippen LogP contribution in [0.4, 0.5) is 0 Å². The van der Waals surface area contributed by atoms with Gasteiger partial charge in [0, 0.05) is 5.57 Å².